The highest BCUT2D eigenvalue weighted by molar-refractivity contribution is 5.72. The van der Waals surface area contributed by atoms with Gasteiger partial charge in [0.1, 0.15) is 5.70 Å². The van der Waals surface area contributed by atoms with E-state index in [1.54, 1.807) is 0 Å². The number of fused-ring (bicyclic) bond motifs is 3. The smallest absolute Gasteiger partial charge is 0.116 e. The summed E-state index contributed by atoms with van der Waals surface area (Å²) in [5.41, 5.74) is 4.59. The van der Waals surface area contributed by atoms with E-state index in [0.717, 1.165) is 29.6 Å². The molecule has 0 amide bonds. The average Bonchev–Trinajstić information content (AvgIpc) is 2.92. The lowest BCUT2D eigenvalue weighted by Gasteiger charge is -2.14. The lowest BCUT2D eigenvalue weighted by atomic mass is 9.92. The quantitative estimate of drug-likeness (QED) is 0.622. The summed E-state index contributed by atoms with van der Waals surface area (Å²) in [4.78, 5) is 4.66. The van der Waals surface area contributed by atoms with Gasteiger partial charge in [-0.1, -0.05) is 18.2 Å². The molecule has 16 heavy (non-hydrogen) atoms. The normalized spacial score (nSPS) is 20.2. The van der Waals surface area contributed by atoms with Crippen molar-refractivity contribution in [3.63, 3.8) is 0 Å². The minimum atomic E-state index is 0.984. The molecule has 0 fully saturated rings. The second kappa shape index (κ2) is 2.76. The van der Waals surface area contributed by atoms with Crippen molar-refractivity contribution < 1.29 is 0 Å². The van der Waals surface area contributed by atoms with Gasteiger partial charge in [0, 0.05) is 10.8 Å². The number of benzene rings is 1. The van der Waals surface area contributed by atoms with Crippen LogP contribution < -0.4 is 10.6 Å². The van der Waals surface area contributed by atoms with E-state index in [1.807, 2.05) is 12.3 Å². The van der Waals surface area contributed by atoms with Crippen LogP contribution in [0.15, 0.2) is 62.7 Å². The van der Waals surface area contributed by atoms with Crippen molar-refractivity contribution in [1.29, 1.82) is 0 Å². The maximum absolute atomic E-state index is 4.66. The van der Waals surface area contributed by atoms with Gasteiger partial charge in [-0.05, 0) is 24.5 Å². The Morgan fingerprint density at radius 3 is 2.94 bits per heavy atom. The summed E-state index contributed by atoms with van der Waals surface area (Å²) < 4.78 is 0. The molecule has 0 N–H and O–H groups in total. The predicted molar refractivity (Wildman–Crippen MR) is 59.8 cm³/mol. The Morgan fingerprint density at radius 2 is 1.94 bits per heavy atom. The van der Waals surface area contributed by atoms with Gasteiger partial charge in [-0.2, -0.15) is 5.11 Å². The van der Waals surface area contributed by atoms with Crippen molar-refractivity contribution in [1.82, 2.24) is 0 Å². The SMILES string of the molecule is C1=C2CCC3=c4ccccc4=NC3=C2N=N1. The first-order valence-corrected chi connectivity index (χ1v) is 5.45. The molecule has 4 rings (SSSR count). The number of hydrogen-bond donors (Lipinski definition) is 0. The van der Waals surface area contributed by atoms with Gasteiger partial charge in [0.05, 0.1) is 17.3 Å². The molecule has 2 heterocycles. The maximum Gasteiger partial charge on any atom is 0.116 e. The fourth-order valence-electron chi connectivity index (χ4n) is 2.51. The fraction of sp³-hybridized carbons (Fsp3) is 0.154. The number of rotatable bonds is 0. The molecule has 0 bridgehead atoms. The molecule has 2 aliphatic heterocycles. The van der Waals surface area contributed by atoms with Crippen molar-refractivity contribution >= 4 is 5.57 Å². The van der Waals surface area contributed by atoms with Crippen LogP contribution in [0.25, 0.3) is 5.57 Å². The third-order valence-electron chi connectivity index (χ3n) is 3.29. The first kappa shape index (κ1) is 8.16. The van der Waals surface area contributed by atoms with Crippen molar-refractivity contribution in [2.75, 3.05) is 0 Å². The molecule has 0 saturated heterocycles. The van der Waals surface area contributed by atoms with Crippen LogP contribution in [0.5, 0.6) is 0 Å². The minimum Gasteiger partial charge on any atom is -0.246 e. The van der Waals surface area contributed by atoms with Crippen LogP contribution in [-0.2, 0) is 0 Å². The molecule has 0 radical (unpaired) electrons. The van der Waals surface area contributed by atoms with E-state index >= 15 is 0 Å². The molecule has 3 aliphatic rings. The van der Waals surface area contributed by atoms with Crippen LogP contribution in [0, 0.1) is 0 Å². The number of allylic oxidation sites excluding steroid dienone is 2. The van der Waals surface area contributed by atoms with Crippen molar-refractivity contribution in [3.8, 4) is 0 Å². The van der Waals surface area contributed by atoms with Crippen molar-refractivity contribution in [3.05, 3.63) is 58.0 Å². The molecule has 1 aromatic carbocycles. The fourth-order valence-corrected chi connectivity index (χ4v) is 2.51. The Balaban J connectivity index is 2.16. The highest BCUT2D eigenvalue weighted by Gasteiger charge is 2.26. The molecule has 0 aromatic heterocycles. The highest BCUT2D eigenvalue weighted by Crippen LogP contribution is 2.38. The topological polar surface area (TPSA) is 37.1 Å². The van der Waals surface area contributed by atoms with E-state index in [-0.39, 0.29) is 0 Å². The van der Waals surface area contributed by atoms with Gasteiger partial charge in [-0.3, -0.25) is 0 Å². The third-order valence-corrected chi connectivity index (χ3v) is 3.29. The van der Waals surface area contributed by atoms with Crippen molar-refractivity contribution in [2.24, 2.45) is 15.2 Å². The Bertz CT molecular complexity index is 705. The Morgan fingerprint density at radius 1 is 1.00 bits per heavy atom. The second-order valence-electron chi connectivity index (χ2n) is 4.17. The molecule has 3 heteroatoms. The number of para-hydroxylation sites is 1. The van der Waals surface area contributed by atoms with Gasteiger partial charge >= 0.3 is 0 Å². The number of azo groups is 1. The van der Waals surface area contributed by atoms with E-state index in [4.69, 9.17) is 0 Å². The zero-order valence-electron chi connectivity index (χ0n) is 8.64. The molecule has 0 unspecified atom stereocenters. The molecule has 0 spiro atoms. The highest BCUT2D eigenvalue weighted by atomic mass is 15.1. The molecule has 76 valence electrons. The predicted octanol–water partition coefficient (Wildman–Crippen LogP) is 1.83. The summed E-state index contributed by atoms with van der Waals surface area (Å²) in [5.74, 6) is 0. The number of nitrogens with zero attached hydrogens (tertiary/aromatic N) is 3. The molecule has 0 atom stereocenters. The minimum absolute atomic E-state index is 0.984. The zero-order valence-corrected chi connectivity index (χ0v) is 8.64. The first-order chi connectivity index (χ1) is 7.93. The Hall–Kier alpha value is -2.03. The summed E-state index contributed by atoms with van der Waals surface area (Å²) in [6.07, 6.45) is 3.94. The van der Waals surface area contributed by atoms with E-state index in [1.165, 1.54) is 16.4 Å². The van der Waals surface area contributed by atoms with Crippen molar-refractivity contribution in [2.45, 2.75) is 12.8 Å². The van der Waals surface area contributed by atoms with Crippen LogP contribution in [0.1, 0.15) is 12.8 Å². The van der Waals surface area contributed by atoms with Gasteiger partial charge in [-0.15, -0.1) is 5.11 Å². The Labute approximate surface area is 92.2 Å². The summed E-state index contributed by atoms with van der Waals surface area (Å²) in [6.45, 7) is 0. The Kier molecular flexibility index (Phi) is 1.41. The lowest BCUT2D eigenvalue weighted by molar-refractivity contribution is 0.949. The standard InChI is InChI=1S/C13H9N3/c1-2-4-11-9(3-1)10-6-5-8-7-14-16-12(8)13(10)15-11/h1-4,7H,5-6H2. The number of hydrogen-bond acceptors (Lipinski definition) is 3. The van der Waals surface area contributed by atoms with Crippen LogP contribution in [0.3, 0.4) is 0 Å². The summed E-state index contributed by atoms with van der Waals surface area (Å²) in [6, 6.07) is 8.29. The van der Waals surface area contributed by atoms with Gasteiger partial charge in [-0.25, -0.2) is 4.99 Å². The molecule has 3 nitrogen and oxygen atoms in total. The monoisotopic (exact) mass is 207 g/mol. The summed E-state index contributed by atoms with van der Waals surface area (Å²) >= 11 is 0. The van der Waals surface area contributed by atoms with Gasteiger partial charge in [0.15, 0.2) is 0 Å². The van der Waals surface area contributed by atoms with Gasteiger partial charge in [0.25, 0.3) is 0 Å². The average molecular weight is 207 g/mol. The van der Waals surface area contributed by atoms with E-state index in [2.05, 4.69) is 33.4 Å². The maximum atomic E-state index is 4.66. The van der Waals surface area contributed by atoms with E-state index in [9.17, 15) is 0 Å². The lowest BCUT2D eigenvalue weighted by Crippen LogP contribution is -2.22. The molecule has 1 aromatic rings. The summed E-state index contributed by atoms with van der Waals surface area (Å²) in [5, 5.41) is 10.5. The van der Waals surface area contributed by atoms with Crippen LogP contribution >= 0.6 is 0 Å². The molecular weight excluding hydrogens is 198 g/mol. The molecule has 1 aliphatic carbocycles. The largest absolute Gasteiger partial charge is 0.246 e. The van der Waals surface area contributed by atoms with Crippen LogP contribution in [0.4, 0.5) is 0 Å². The van der Waals surface area contributed by atoms with Crippen LogP contribution in [-0.4, -0.2) is 0 Å². The van der Waals surface area contributed by atoms with Gasteiger partial charge < -0.3 is 0 Å². The van der Waals surface area contributed by atoms with E-state index < -0.39 is 0 Å². The molecular formula is C13H9N3. The van der Waals surface area contributed by atoms with E-state index in [0.29, 0.717) is 0 Å². The van der Waals surface area contributed by atoms with Gasteiger partial charge in [0.2, 0.25) is 0 Å². The molecule has 0 saturated carbocycles. The summed E-state index contributed by atoms with van der Waals surface area (Å²) in [7, 11) is 0. The first-order valence-electron chi connectivity index (χ1n) is 5.45. The zero-order chi connectivity index (χ0) is 10.5. The second-order valence-corrected chi connectivity index (χ2v) is 4.17. The third kappa shape index (κ3) is 0.902. The van der Waals surface area contributed by atoms with Crippen LogP contribution in [0.2, 0.25) is 0 Å².